The lowest BCUT2D eigenvalue weighted by molar-refractivity contribution is -0.150. The van der Waals surface area contributed by atoms with E-state index in [9.17, 15) is 14.3 Å². The number of rotatable bonds is 3. The van der Waals surface area contributed by atoms with Crippen molar-refractivity contribution >= 4 is 12.0 Å². The molecule has 2 fully saturated rings. The number of carbonyl (C=O) groups is 1. The summed E-state index contributed by atoms with van der Waals surface area (Å²) < 4.78 is 13.5. The average Bonchev–Trinajstić information content (AvgIpc) is 2.72. The van der Waals surface area contributed by atoms with Gasteiger partial charge in [0.05, 0.1) is 11.6 Å². The van der Waals surface area contributed by atoms with Gasteiger partial charge in [0, 0.05) is 18.5 Å². The van der Waals surface area contributed by atoms with Gasteiger partial charge < -0.3 is 10.0 Å². The molecular formula is C24H26FNO2. The maximum Gasteiger partial charge on any atom is 0.247 e. The number of benzene rings is 2. The Hall–Kier alpha value is -2.46. The third-order valence-electron chi connectivity index (χ3n) is 6.28. The molecular weight excluding hydrogens is 353 g/mol. The fraction of sp³-hybridized carbons (Fsp3) is 0.375. The molecule has 1 saturated carbocycles. The second-order valence-electron chi connectivity index (χ2n) is 7.98. The molecule has 1 heterocycles. The minimum absolute atomic E-state index is 0.0189. The van der Waals surface area contributed by atoms with Gasteiger partial charge in [0.1, 0.15) is 5.82 Å². The van der Waals surface area contributed by atoms with Gasteiger partial charge in [-0.3, -0.25) is 4.79 Å². The van der Waals surface area contributed by atoms with Gasteiger partial charge >= 0.3 is 0 Å². The number of hydrogen-bond acceptors (Lipinski definition) is 2. The fourth-order valence-corrected chi connectivity index (χ4v) is 4.83. The van der Waals surface area contributed by atoms with Crippen LogP contribution in [-0.4, -0.2) is 28.1 Å². The van der Waals surface area contributed by atoms with E-state index in [1.165, 1.54) is 12.1 Å². The van der Waals surface area contributed by atoms with E-state index < -0.39 is 5.60 Å². The topological polar surface area (TPSA) is 40.5 Å². The third-order valence-corrected chi connectivity index (χ3v) is 6.28. The van der Waals surface area contributed by atoms with Crippen LogP contribution in [0.15, 0.2) is 60.7 Å². The second-order valence-corrected chi connectivity index (χ2v) is 7.98. The number of hydrogen-bond donors (Lipinski definition) is 1. The fourth-order valence-electron chi connectivity index (χ4n) is 4.83. The van der Waals surface area contributed by atoms with Gasteiger partial charge in [-0.2, -0.15) is 0 Å². The number of aliphatic hydroxyl groups is 1. The molecule has 3 nitrogen and oxygen atoms in total. The maximum atomic E-state index is 13.5. The number of fused-ring (bicyclic) bond motifs is 1. The van der Waals surface area contributed by atoms with Gasteiger partial charge in [-0.25, -0.2) is 4.39 Å². The molecule has 146 valence electrons. The summed E-state index contributed by atoms with van der Waals surface area (Å²) in [4.78, 5) is 14.9. The van der Waals surface area contributed by atoms with E-state index in [2.05, 4.69) is 0 Å². The Kier molecular flexibility index (Phi) is 5.31. The summed E-state index contributed by atoms with van der Waals surface area (Å²) in [6.45, 7) is 0.507. The van der Waals surface area contributed by atoms with Crippen molar-refractivity contribution in [1.29, 1.82) is 0 Å². The predicted octanol–water partition coefficient (Wildman–Crippen LogP) is 4.73. The van der Waals surface area contributed by atoms with Crippen molar-refractivity contribution in [2.45, 2.75) is 43.7 Å². The van der Waals surface area contributed by atoms with Crippen LogP contribution in [0.5, 0.6) is 0 Å². The van der Waals surface area contributed by atoms with Gasteiger partial charge in [0.15, 0.2) is 0 Å². The van der Waals surface area contributed by atoms with Gasteiger partial charge in [0.2, 0.25) is 5.91 Å². The van der Waals surface area contributed by atoms with Crippen LogP contribution in [0.25, 0.3) is 6.08 Å². The van der Waals surface area contributed by atoms with Crippen molar-refractivity contribution in [3.05, 3.63) is 77.6 Å². The predicted molar refractivity (Wildman–Crippen MR) is 108 cm³/mol. The Labute approximate surface area is 165 Å². The van der Waals surface area contributed by atoms with E-state index in [1.807, 2.05) is 41.3 Å². The van der Waals surface area contributed by atoms with Gasteiger partial charge in [0.25, 0.3) is 0 Å². The van der Waals surface area contributed by atoms with E-state index in [0.717, 1.165) is 36.8 Å². The summed E-state index contributed by atoms with van der Waals surface area (Å²) in [6.07, 6.45) is 7.75. The Morgan fingerprint density at radius 2 is 1.82 bits per heavy atom. The van der Waals surface area contributed by atoms with Crippen molar-refractivity contribution in [3.63, 3.8) is 0 Å². The number of nitrogens with zero attached hydrogens (tertiary/aromatic N) is 1. The molecule has 0 bridgehead atoms. The summed E-state index contributed by atoms with van der Waals surface area (Å²) in [7, 11) is 0. The molecule has 4 rings (SSSR count). The number of likely N-dealkylation sites (tertiary alicyclic amines) is 1. The quantitative estimate of drug-likeness (QED) is 0.783. The summed E-state index contributed by atoms with van der Waals surface area (Å²) in [5, 5.41) is 11.3. The lowest BCUT2D eigenvalue weighted by atomic mass is 9.66. The SMILES string of the molecule is O=C(/C=C/c1ccccc1)N1CC[C@@]2(O)CCCC[C@@H]2[C@H]1c1ccc(F)cc1. The molecule has 2 aliphatic rings. The Bertz CT molecular complexity index is 849. The summed E-state index contributed by atoms with van der Waals surface area (Å²) in [5.41, 5.74) is 1.13. The molecule has 1 aliphatic heterocycles. The molecule has 1 saturated heterocycles. The number of halogens is 1. The van der Waals surface area contributed by atoms with E-state index in [4.69, 9.17) is 0 Å². The van der Waals surface area contributed by atoms with Crippen LogP contribution in [0.4, 0.5) is 4.39 Å². The Morgan fingerprint density at radius 3 is 2.57 bits per heavy atom. The van der Waals surface area contributed by atoms with Gasteiger partial charge in [-0.1, -0.05) is 55.3 Å². The molecule has 1 aliphatic carbocycles. The minimum Gasteiger partial charge on any atom is -0.389 e. The molecule has 2 aromatic carbocycles. The summed E-state index contributed by atoms with van der Waals surface area (Å²) in [5.74, 6) is -0.374. The molecule has 4 heteroatoms. The molecule has 2 aromatic rings. The third kappa shape index (κ3) is 3.74. The van der Waals surface area contributed by atoms with Gasteiger partial charge in [-0.15, -0.1) is 0 Å². The van der Waals surface area contributed by atoms with Crippen molar-refractivity contribution in [1.82, 2.24) is 4.90 Å². The first-order chi connectivity index (χ1) is 13.6. The highest BCUT2D eigenvalue weighted by Gasteiger charge is 2.49. The highest BCUT2D eigenvalue weighted by atomic mass is 19.1. The normalized spacial score (nSPS) is 27.6. The lowest BCUT2D eigenvalue weighted by Crippen LogP contribution is -2.56. The Balaban J connectivity index is 1.65. The first kappa shape index (κ1) is 18.9. The number of amides is 1. The van der Waals surface area contributed by atoms with Crippen LogP contribution in [-0.2, 0) is 4.79 Å². The molecule has 0 unspecified atom stereocenters. The van der Waals surface area contributed by atoms with Gasteiger partial charge in [-0.05, 0) is 48.6 Å². The molecule has 0 aromatic heterocycles. The summed E-state index contributed by atoms with van der Waals surface area (Å²) >= 11 is 0. The minimum atomic E-state index is -0.739. The van der Waals surface area contributed by atoms with Crippen LogP contribution in [0.2, 0.25) is 0 Å². The zero-order chi connectivity index (χ0) is 19.6. The summed E-state index contributed by atoms with van der Waals surface area (Å²) in [6, 6.07) is 15.9. The monoisotopic (exact) mass is 379 g/mol. The molecule has 0 spiro atoms. The van der Waals surface area contributed by atoms with Crippen LogP contribution >= 0.6 is 0 Å². The van der Waals surface area contributed by atoms with Crippen LogP contribution in [0, 0.1) is 11.7 Å². The average molecular weight is 379 g/mol. The number of piperidine rings is 1. The smallest absolute Gasteiger partial charge is 0.247 e. The Morgan fingerprint density at radius 1 is 1.07 bits per heavy atom. The second kappa shape index (κ2) is 7.88. The van der Waals surface area contributed by atoms with E-state index in [0.29, 0.717) is 13.0 Å². The molecule has 3 atom stereocenters. The molecule has 0 radical (unpaired) electrons. The first-order valence-corrected chi connectivity index (χ1v) is 10.1. The molecule has 28 heavy (non-hydrogen) atoms. The van der Waals surface area contributed by atoms with Crippen molar-refractivity contribution in [3.8, 4) is 0 Å². The van der Waals surface area contributed by atoms with E-state index in [-0.39, 0.29) is 23.7 Å². The standard InChI is InChI=1S/C24H26FNO2/c25-20-12-10-19(11-13-20)23-21-8-4-5-15-24(21,28)16-17-26(23)22(27)14-9-18-6-2-1-3-7-18/h1-3,6-7,9-14,21,23,28H,4-5,8,15-17H2/b14-9+/t21-,23-,24+/m1/s1. The zero-order valence-corrected chi connectivity index (χ0v) is 15.9. The lowest BCUT2D eigenvalue weighted by Gasteiger charge is -2.52. The maximum absolute atomic E-state index is 13.5. The first-order valence-electron chi connectivity index (χ1n) is 10.1. The van der Waals surface area contributed by atoms with Crippen molar-refractivity contribution < 1.29 is 14.3 Å². The van der Waals surface area contributed by atoms with Crippen molar-refractivity contribution in [2.75, 3.05) is 6.54 Å². The zero-order valence-electron chi connectivity index (χ0n) is 15.9. The van der Waals surface area contributed by atoms with E-state index >= 15 is 0 Å². The number of carbonyl (C=O) groups excluding carboxylic acids is 1. The highest BCUT2D eigenvalue weighted by molar-refractivity contribution is 5.92. The van der Waals surface area contributed by atoms with Crippen molar-refractivity contribution in [2.24, 2.45) is 5.92 Å². The van der Waals surface area contributed by atoms with Crippen LogP contribution < -0.4 is 0 Å². The van der Waals surface area contributed by atoms with Crippen LogP contribution in [0.3, 0.4) is 0 Å². The van der Waals surface area contributed by atoms with E-state index in [1.54, 1.807) is 18.2 Å². The molecule has 1 N–H and O–H groups in total. The van der Waals surface area contributed by atoms with Crippen LogP contribution in [0.1, 0.15) is 49.3 Å². The highest BCUT2D eigenvalue weighted by Crippen LogP contribution is 2.49. The molecule has 1 amide bonds. The largest absolute Gasteiger partial charge is 0.389 e.